The molecule has 46 valence electrons. The minimum absolute atomic E-state index is 0.0833. The van der Waals surface area contributed by atoms with E-state index < -0.39 is 0 Å². The molecule has 0 bridgehead atoms. The molecule has 0 fully saturated rings. The van der Waals surface area contributed by atoms with Crippen LogP contribution in [-0.2, 0) is 4.74 Å². The van der Waals surface area contributed by atoms with Crippen molar-refractivity contribution in [2.24, 2.45) is 5.92 Å². The standard InChI is InChI=1S/C6H11NO/c1-3-6(4-7)5-8-2/h6H,3,5H2,1-2H3. The van der Waals surface area contributed by atoms with Crippen LogP contribution in [0.4, 0.5) is 0 Å². The first-order valence-corrected chi connectivity index (χ1v) is 2.73. The summed E-state index contributed by atoms with van der Waals surface area (Å²) in [5, 5.41) is 8.33. The average Bonchev–Trinajstić information content (AvgIpc) is 1.83. The average molecular weight is 113 g/mol. The van der Waals surface area contributed by atoms with Crippen LogP contribution in [0.3, 0.4) is 0 Å². The molecule has 8 heavy (non-hydrogen) atoms. The summed E-state index contributed by atoms with van der Waals surface area (Å²) in [4.78, 5) is 0. The van der Waals surface area contributed by atoms with Crippen LogP contribution in [-0.4, -0.2) is 13.7 Å². The van der Waals surface area contributed by atoms with E-state index >= 15 is 0 Å². The summed E-state index contributed by atoms with van der Waals surface area (Å²) in [5.74, 6) is 0.0833. The topological polar surface area (TPSA) is 33.0 Å². The lowest BCUT2D eigenvalue weighted by Gasteiger charge is -2.00. The fourth-order valence-corrected chi connectivity index (χ4v) is 0.448. The molecule has 0 aliphatic rings. The Kier molecular flexibility index (Phi) is 4.29. The van der Waals surface area contributed by atoms with Gasteiger partial charge in [-0.1, -0.05) is 6.92 Å². The number of hydrogen-bond acceptors (Lipinski definition) is 2. The van der Waals surface area contributed by atoms with Crippen LogP contribution < -0.4 is 0 Å². The van der Waals surface area contributed by atoms with Gasteiger partial charge in [-0.2, -0.15) is 5.26 Å². The molecular formula is C6H11NO. The Morgan fingerprint density at radius 3 is 2.50 bits per heavy atom. The molecule has 1 atom stereocenters. The van der Waals surface area contributed by atoms with Crippen LogP contribution in [0.15, 0.2) is 0 Å². The fraction of sp³-hybridized carbons (Fsp3) is 0.833. The number of ether oxygens (including phenoxy) is 1. The van der Waals surface area contributed by atoms with Crippen molar-refractivity contribution in [2.45, 2.75) is 13.3 Å². The Morgan fingerprint density at radius 1 is 1.75 bits per heavy atom. The maximum atomic E-state index is 8.33. The van der Waals surface area contributed by atoms with Crippen LogP contribution in [0.25, 0.3) is 0 Å². The number of methoxy groups -OCH3 is 1. The third-order valence-electron chi connectivity index (χ3n) is 1.04. The third kappa shape index (κ3) is 2.59. The lowest BCUT2D eigenvalue weighted by molar-refractivity contribution is 0.171. The second kappa shape index (κ2) is 4.61. The molecule has 0 N–H and O–H groups in total. The van der Waals surface area contributed by atoms with E-state index in [1.165, 1.54) is 0 Å². The van der Waals surface area contributed by atoms with E-state index in [2.05, 4.69) is 6.07 Å². The van der Waals surface area contributed by atoms with Crippen molar-refractivity contribution >= 4 is 0 Å². The van der Waals surface area contributed by atoms with E-state index in [0.29, 0.717) is 6.61 Å². The van der Waals surface area contributed by atoms with Crippen LogP contribution in [0.1, 0.15) is 13.3 Å². The Morgan fingerprint density at radius 2 is 2.38 bits per heavy atom. The Bertz CT molecular complexity index is 85.0. The molecule has 0 radical (unpaired) electrons. The number of hydrogen-bond donors (Lipinski definition) is 0. The van der Waals surface area contributed by atoms with Gasteiger partial charge in [0.1, 0.15) is 0 Å². The van der Waals surface area contributed by atoms with Crippen molar-refractivity contribution in [1.82, 2.24) is 0 Å². The number of nitriles is 1. The molecule has 1 unspecified atom stereocenters. The van der Waals surface area contributed by atoms with Gasteiger partial charge < -0.3 is 4.74 Å². The second-order valence-corrected chi connectivity index (χ2v) is 1.69. The van der Waals surface area contributed by atoms with Crippen LogP contribution in [0.5, 0.6) is 0 Å². The summed E-state index contributed by atoms with van der Waals surface area (Å²) in [6, 6.07) is 2.13. The van der Waals surface area contributed by atoms with Crippen molar-refractivity contribution in [1.29, 1.82) is 5.26 Å². The first kappa shape index (κ1) is 7.45. The van der Waals surface area contributed by atoms with Gasteiger partial charge in [-0.25, -0.2) is 0 Å². The zero-order valence-electron chi connectivity index (χ0n) is 5.35. The molecule has 0 aliphatic carbocycles. The molecular weight excluding hydrogens is 102 g/mol. The fourth-order valence-electron chi connectivity index (χ4n) is 0.448. The number of nitrogens with zero attached hydrogens (tertiary/aromatic N) is 1. The van der Waals surface area contributed by atoms with Crippen molar-refractivity contribution in [3.8, 4) is 6.07 Å². The molecule has 0 saturated carbocycles. The zero-order valence-corrected chi connectivity index (χ0v) is 5.35. The molecule has 0 aromatic rings. The first-order valence-electron chi connectivity index (χ1n) is 2.73. The molecule has 0 spiro atoms. The van der Waals surface area contributed by atoms with Gasteiger partial charge in [0.25, 0.3) is 0 Å². The Balaban J connectivity index is 3.26. The van der Waals surface area contributed by atoms with Gasteiger partial charge in [0, 0.05) is 7.11 Å². The van der Waals surface area contributed by atoms with Gasteiger partial charge in [0.2, 0.25) is 0 Å². The molecule has 0 heterocycles. The van der Waals surface area contributed by atoms with Crippen molar-refractivity contribution in [3.63, 3.8) is 0 Å². The maximum absolute atomic E-state index is 8.33. The second-order valence-electron chi connectivity index (χ2n) is 1.69. The van der Waals surface area contributed by atoms with E-state index in [1.807, 2.05) is 6.92 Å². The highest BCUT2D eigenvalue weighted by Crippen LogP contribution is 1.98. The third-order valence-corrected chi connectivity index (χ3v) is 1.04. The smallest absolute Gasteiger partial charge is 0.0694 e. The Labute approximate surface area is 50.1 Å². The highest BCUT2D eigenvalue weighted by atomic mass is 16.5. The summed E-state index contributed by atoms with van der Waals surface area (Å²) in [7, 11) is 1.61. The van der Waals surface area contributed by atoms with E-state index in [0.717, 1.165) is 6.42 Å². The van der Waals surface area contributed by atoms with Gasteiger partial charge in [-0.15, -0.1) is 0 Å². The number of rotatable bonds is 3. The zero-order chi connectivity index (χ0) is 6.41. The van der Waals surface area contributed by atoms with Crippen molar-refractivity contribution in [2.75, 3.05) is 13.7 Å². The first-order chi connectivity index (χ1) is 3.85. The largest absolute Gasteiger partial charge is 0.383 e. The molecule has 0 aromatic carbocycles. The predicted octanol–water partition coefficient (Wildman–Crippen LogP) is 1.18. The molecule has 0 saturated heterocycles. The molecule has 0 aliphatic heterocycles. The van der Waals surface area contributed by atoms with Crippen molar-refractivity contribution < 1.29 is 4.74 Å². The van der Waals surface area contributed by atoms with E-state index in [-0.39, 0.29) is 5.92 Å². The molecule has 2 nitrogen and oxygen atoms in total. The lowest BCUT2D eigenvalue weighted by Crippen LogP contribution is -2.02. The van der Waals surface area contributed by atoms with Gasteiger partial charge in [-0.3, -0.25) is 0 Å². The van der Waals surface area contributed by atoms with Gasteiger partial charge in [0.15, 0.2) is 0 Å². The lowest BCUT2D eigenvalue weighted by atomic mass is 10.1. The SMILES string of the molecule is CCC(C#N)COC. The maximum Gasteiger partial charge on any atom is 0.0694 e. The van der Waals surface area contributed by atoms with Gasteiger partial charge in [0.05, 0.1) is 18.6 Å². The summed E-state index contributed by atoms with van der Waals surface area (Å²) < 4.78 is 4.76. The minimum Gasteiger partial charge on any atom is -0.383 e. The molecule has 2 heteroatoms. The van der Waals surface area contributed by atoms with Crippen LogP contribution >= 0.6 is 0 Å². The monoisotopic (exact) mass is 113 g/mol. The minimum atomic E-state index is 0.0833. The molecule has 0 aromatic heterocycles. The van der Waals surface area contributed by atoms with Crippen LogP contribution in [0.2, 0.25) is 0 Å². The summed E-state index contributed by atoms with van der Waals surface area (Å²) in [6.07, 6.45) is 0.879. The van der Waals surface area contributed by atoms with Gasteiger partial charge >= 0.3 is 0 Å². The summed E-state index contributed by atoms with van der Waals surface area (Å²) in [5.41, 5.74) is 0. The molecule has 0 rings (SSSR count). The van der Waals surface area contributed by atoms with Crippen molar-refractivity contribution in [3.05, 3.63) is 0 Å². The normalized spacial score (nSPS) is 12.6. The Hall–Kier alpha value is -0.550. The predicted molar refractivity (Wildman–Crippen MR) is 31.3 cm³/mol. The van der Waals surface area contributed by atoms with E-state index in [1.54, 1.807) is 7.11 Å². The quantitative estimate of drug-likeness (QED) is 0.550. The summed E-state index contributed by atoms with van der Waals surface area (Å²) in [6.45, 7) is 2.54. The van der Waals surface area contributed by atoms with E-state index in [9.17, 15) is 0 Å². The van der Waals surface area contributed by atoms with E-state index in [4.69, 9.17) is 10.00 Å². The van der Waals surface area contributed by atoms with Gasteiger partial charge in [-0.05, 0) is 6.42 Å². The van der Waals surface area contributed by atoms with Crippen LogP contribution in [0, 0.1) is 17.2 Å². The highest BCUT2D eigenvalue weighted by Gasteiger charge is 2.00. The summed E-state index contributed by atoms with van der Waals surface area (Å²) >= 11 is 0. The highest BCUT2D eigenvalue weighted by molar-refractivity contribution is 4.80. The molecule has 0 amide bonds.